The molecule has 1 aliphatic carbocycles. The highest BCUT2D eigenvalue weighted by Crippen LogP contribution is 2.27. The van der Waals surface area contributed by atoms with E-state index < -0.39 is 6.10 Å². The van der Waals surface area contributed by atoms with Gasteiger partial charge in [0.05, 0.1) is 11.6 Å². The minimum Gasteiger partial charge on any atom is -0.452 e. The lowest BCUT2D eigenvalue weighted by Gasteiger charge is -2.17. The second kappa shape index (κ2) is 7.50. The molecule has 0 radical (unpaired) electrons. The first-order chi connectivity index (χ1) is 10.1. The van der Waals surface area contributed by atoms with Gasteiger partial charge in [-0.1, -0.05) is 25.0 Å². The number of esters is 1. The van der Waals surface area contributed by atoms with Crippen molar-refractivity contribution in [1.29, 1.82) is 0 Å². The van der Waals surface area contributed by atoms with Crippen LogP contribution in [0.1, 0.15) is 32.6 Å². The van der Waals surface area contributed by atoms with Gasteiger partial charge in [-0.25, -0.2) is 0 Å². The summed E-state index contributed by atoms with van der Waals surface area (Å²) in [4.78, 5) is 25.0. The quantitative estimate of drug-likeness (QED) is 0.668. The Hall–Kier alpha value is -1.49. The third kappa shape index (κ3) is 4.24. The molecule has 114 valence electrons. The molecule has 1 aromatic carbocycles. The van der Waals surface area contributed by atoms with Crippen molar-refractivity contribution in [2.24, 2.45) is 5.92 Å². The number of rotatable bonds is 5. The Morgan fingerprint density at radius 2 is 1.95 bits per heavy atom. The Morgan fingerprint density at radius 3 is 2.62 bits per heavy atom. The number of anilines is 1. The fourth-order valence-corrected chi connectivity index (χ4v) is 3.02. The van der Waals surface area contributed by atoms with Crippen molar-refractivity contribution in [2.45, 2.75) is 43.6 Å². The number of carbonyl (C=O) groups excluding carboxylic acids is 2. The smallest absolute Gasteiger partial charge is 0.309 e. The summed E-state index contributed by atoms with van der Waals surface area (Å²) in [5.74, 6) is -0.560. The molecule has 0 aromatic heterocycles. The molecule has 0 spiro atoms. The molecule has 0 saturated heterocycles. The highest BCUT2D eigenvalue weighted by atomic mass is 32.2. The van der Waals surface area contributed by atoms with Crippen LogP contribution in [0.25, 0.3) is 0 Å². The van der Waals surface area contributed by atoms with E-state index in [1.54, 1.807) is 18.7 Å². The summed E-state index contributed by atoms with van der Waals surface area (Å²) in [6, 6.07) is 7.57. The van der Waals surface area contributed by atoms with Crippen LogP contribution in [0.4, 0.5) is 5.69 Å². The fourth-order valence-electron chi connectivity index (χ4n) is 2.47. The Labute approximate surface area is 129 Å². The Morgan fingerprint density at radius 1 is 1.29 bits per heavy atom. The molecule has 1 fully saturated rings. The van der Waals surface area contributed by atoms with Gasteiger partial charge in [0.2, 0.25) is 0 Å². The minimum absolute atomic E-state index is 0.0290. The molecule has 1 amide bonds. The summed E-state index contributed by atoms with van der Waals surface area (Å²) in [6.45, 7) is 1.61. The van der Waals surface area contributed by atoms with Crippen LogP contribution in [-0.2, 0) is 14.3 Å². The molecule has 0 bridgehead atoms. The van der Waals surface area contributed by atoms with Crippen LogP contribution in [0, 0.1) is 5.92 Å². The van der Waals surface area contributed by atoms with Crippen LogP contribution in [0.3, 0.4) is 0 Å². The first kappa shape index (κ1) is 15.9. The van der Waals surface area contributed by atoms with Crippen molar-refractivity contribution in [1.82, 2.24) is 0 Å². The van der Waals surface area contributed by atoms with Crippen LogP contribution in [0.15, 0.2) is 29.2 Å². The zero-order chi connectivity index (χ0) is 15.2. The first-order valence-corrected chi connectivity index (χ1v) is 8.48. The summed E-state index contributed by atoms with van der Waals surface area (Å²) in [7, 11) is 0. The standard InChI is InChI=1S/C16H21NO3S/c1-11(20-16(19)12-7-3-4-8-12)15(18)17-13-9-5-6-10-14(13)21-2/h5-6,9-12H,3-4,7-8H2,1-2H3,(H,17,18)/t11-/m1/s1. The molecule has 1 atom stereocenters. The van der Waals surface area contributed by atoms with Crippen molar-refractivity contribution in [3.63, 3.8) is 0 Å². The lowest BCUT2D eigenvalue weighted by atomic mass is 10.1. The number of para-hydroxylation sites is 1. The molecule has 1 saturated carbocycles. The van der Waals surface area contributed by atoms with E-state index in [1.165, 1.54) is 0 Å². The van der Waals surface area contributed by atoms with Crippen molar-refractivity contribution < 1.29 is 14.3 Å². The molecule has 0 heterocycles. The summed E-state index contributed by atoms with van der Waals surface area (Å²) in [5, 5.41) is 2.82. The van der Waals surface area contributed by atoms with E-state index in [1.807, 2.05) is 30.5 Å². The number of benzene rings is 1. The second-order valence-electron chi connectivity index (χ2n) is 5.25. The van der Waals surface area contributed by atoms with Gasteiger partial charge in [0, 0.05) is 4.90 Å². The van der Waals surface area contributed by atoms with Gasteiger partial charge >= 0.3 is 5.97 Å². The van der Waals surface area contributed by atoms with E-state index in [-0.39, 0.29) is 17.8 Å². The van der Waals surface area contributed by atoms with Crippen molar-refractivity contribution in [3.8, 4) is 0 Å². The van der Waals surface area contributed by atoms with Crippen LogP contribution in [0.2, 0.25) is 0 Å². The number of nitrogens with one attached hydrogen (secondary N) is 1. The number of carbonyl (C=O) groups is 2. The van der Waals surface area contributed by atoms with Crippen molar-refractivity contribution in [2.75, 3.05) is 11.6 Å². The average molecular weight is 307 g/mol. The molecular formula is C16H21NO3S. The molecule has 21 heavy (non-hydrogen) atoms. The van der Waals surface area contributed by atoms with Crippen molar-refractivity contribution in [3.05, 3.63) is 24.3 Å². The van der Waals surface area contributed by atoms with Gasteiger partial charge in [0.25, 0.3) is 5.91 Å². The number of hydrogen-bond acceptors (Lipinski definition) is 4. The van der Waals surface area contributed by atoms with Crippen LogP contribution >= 0.6 is 11.8 Å². The SMILES string of the molecule is CSc1ccccc1NC(=O)[C@@H](C)OC(=O)C1CCCC1. The summed E-state index contributed by atoms with van der Waals surface area (Å²) >= 11 is 1.56. The molecular weight excluding hydrogens is 286 g/mol. The van der Waals surface area contributed by atoms with Gasteiger partial charge in [-0.05, 0) is 38.2 Å². The van der Waals surface area contributed by atoms with E-state index in [2.05, 4.69) is 5.32 Å². The molecule has 1 aliphatic rings. The third-order valence-corrected chi connectivity index (χ3v) is 4.51. The molecule has 1 N–H and O–H groups in total. The van der Waals surface area contributed by atoms with E-state index in [0.29, 0.717) is 0 Å². The third-order valence-electron chi connectivity index (χ3n) is 3.72. The van der Waals surface area contributed by atoms with Crippen LogP contribution < -0.4 is 5.32 Å². The largest absolute Gasteiger partial charge is 0.452 e. The first-order valence-electron chi connectivity index (χ1n) is 7.26. The zero-order valence-electron chi connectivity index (χ0n) is 12.4. The molecule has 0 aliphatic heterocycles. The second-order valence-corrected chi connectivity index (χ2v) is 6.10. The Balaban J connectivity index is 1.91. The maximum atomic E-state index is 12.1. The minimum atomic E-state index is -0.770. The van der Waals surface area contributed by atoms with E-state index in [0.717, 1.165) is 36.3 Å². The lowest BCUT2D eigenvalue weighted by Crippen LogP contribution is -2.32. The summed E-state index contributed by atoms with van der Waals surface area (Å²) in [5.41, 5.74) is 0.749. The molecule has 4 nitrogen and oxygen atoms in total. The summed E-state index contributed by atoms with van der Waals surface area (Å²) < 4.78 is 5.28. The fraction of sp³-hybridized carbons (Fsp3) is 0.500. The maximum Gasteiger partial charge on any atom is 0.309 e. The van der Waals surface area contributed by atoms with Gasteiger partial charge in [-0.3, -0.25) is 9.59 Å². The van der Waals surface area contributed by atoms with Gasteiger partial charge in [0.1, 0.15) is 0 Å². The predicted octanol–water partition coefficient (Wildman–Crippen LogP) is 3.47. The zero-order valence-corrected chi connectivity index (χ0v) is 13.2. The normalized spacial score (nSPS) is 16.5. The molecule has 0 unspecified atom stereocenters. The number of ether oxygens (including phenoxy) is 1. The van der Waals surface area contributed by atoms with E-state index in [9.17, 15) is 9.59 Å². The average Bonchev–Trinajstić information content (AvgIpc) is 3.02. The van der Waals surface area contributed by atoms with Gasteiger partial charge in [-0.15, -0.1) is 11.8 Å². The van der Waals surface area contributed by atoms with Crippen LogP contribution in [-0.4, -0.2) is 24.2 Å². The Bertz CT molecular complexity index is 512. The Kier molecular flexibility index (Phi) is 5.67. The predicted molar refractivity (Wildman–Crippen MR) is 84.4 cm³/mol. The van der Waals surface area contributed by atoms with Gasteiger partial charge in [-0.2, -0.15) is 0 Å². The van der Waals surface area contributed by atoms with Gasteiger partial charge in [0.15, 0.2) is 6.10 Å². The topological polar surface area (TPSA) is 55.4 Å². The molecule has 2 rings (SSSR count). The molecule has 5 heteroatoms. The van der Waals surface area contributed by atoms with Crippen LogP contribution in [0.5, 0.6) is 0 Å². The highest BCUT2D eigenvalue weighted by molar-refractivity contribution is 7.98. The molecule has 1 aromatic rings. The number of thioether (sulfide) groups is 1. The lowest BCUT2D eigenvalue weighted by molar-refractivity contribution is -0.157. The number of hydrogen-bond donors (Lipinski definition) is 1. The van der Waals surface area contributed by atoms with Gasteiger partial charge < -0.3 is 10.1 Å². The van der Waals surface area contributed by atoms with E-state index in [4.69, 9.17) is 4.74 Å². The number of amides is 1. The summed E-state index contributed by atoms with van der Waals surface area (Å²) in [6.07, 6.45) is 5.08. The maximum absolute atomic E-state index is 12.1. The van der Waals surface area contributed by atoms with Crippen molar-refractivity contribution >= 4 is 29.3 Å². The monoisotopic (exact) mass is 307 g/mol. The highest BCUT2D eigenvalue weighted by Gasteiger charge is 2.27. The van der Waals surface area contributed by atoms with E-state index >= 15 is 0 Å².